The van der Waals surface area contributed by atoms with Gasteiger partial charge in [-0.3, -0.25) is 9.69 Å². The fourth-order valence-corrected chi connectivity index (χ4v) is 3.62. The van der Waals surface area contributed by atoms with Crippen molar-refractivity contribution in [3.8, 4) is 22.9 Å². The van der Waals surface area contributed by atoms with E-state index in [1.165, 1.54) is 25.3 Å². The van der Waals surface area contributed by atoms with E-state index in [0.29, 0.717) is 44.4 Å². The third-order valence-corrected chi connectivity index (χ3v) is 5.42. The maximum atomic E-state index is 12.9. The van der Waals surface area contributed by atoms with Gasteiger partial charge in [-0.1, -0.05) is 35.0 Å². The lowest BCUT2D eigenvalue weighted by molar-refractivity contribution is -0.0512. The van der Waals surface area contributed by atoms with E-state index < -0.39 is 6.61 Å². The minimum Gasteiger partial charge on any atom is -0.493 e. The van der Waals surface area contributed by atoms with Crippen molar-refractivity contribution in [2.75, 3.05) is 33.3 Å². The zero-order valence-electron chi connectivity index (χ0n) is 18.3. The maximum absolute atomic E-state index is 12.9. The molecule has 174 valence electrons. The van der Waals surface area contributed by atoms with Crippen LogP contribution in [0.3, 0.4) is 0 Å². The number of methoxy groups -OCH3 is 1. The van der Waals surface area contributed by atoms with Gasteiger partial charge in [0.2, 0.25) is 11.7 Å². The largest absolute Gasteiger partial charge is 0.493 e. The second-order valence-corrected chi connectivity index (χ2v) is 7.69. The van der Waals surface area contributed by atoms with E-state index in [1.54, 1.807) is 4.90 Å². The van der Waals surface area contributed by atoms with E-state index in [4.69, 9.17) is 9.26 Å². The predicted molar refractivity (Wildman–Crippen MR) is 115 cm³/mol. The van der Waals surface area contributed by atoms with Gasteiger partial charge in [0.15, 0.2) is 11.5 Å². The zero-order valence-corrected chi connectivity index (χ0v) is 18.3. The van der Waals surface area contributed by atoms with Crippen molar-refractivity contribution in [2.45, 2.75) is 20.1 Å². The monoisotopic (exact) mass is 458 g/mol. The molecule has 0 N–H and O–H groups in total. The van der Waals surface area contributed by atoms with Crippen LogP contribution in [0, 0.1) is 6.92 Å². The number of aromatic nitrogens is 2. The summed E-state index contributed by atoms with van der Waals surface area (Å²) < 4.78 is 40.2. The molecule has 1 aromatic heterocycles. The molecule has 1 aliphatic heterocycles. The summed E-state index contributed by atoms with van der Waals surface area (Å²) >= 11 is 0. The number of piperazine rings is 1. The first-order valence-electron chi connectivity index (χ1n) is 10.5. The average molecular weight is 458 g/mol. The van der Waals surface area contributed by atoms with Gasteiger partial charge < -0.3 is 18.9 Å². The molecule has 1 aliphatic rings. The maximum Gasteiger partial charge on any atom is 0.387 e. The first-order valence-corrected chi connectivity index (χ1v) is 10.5. The fourth-order valence-electron chi connectivity index (χ4n) is 3.62. The second-order valence-electron chi connectivity index (χ2n) is 7.69. The summed E-state index contributed by atoms with van der Waals surface area (Å²) in [5, 5.41) is 4.05. The lowest BCUT2D eigenvalue weighted by Gasteiger charge is -2.34. The van der Waals surface area contributed by atoms with Gasteiger partial charge in [-0.25, -0.2) is 0 Å². The minimum absolute atomic E-state index is 0.140. The van der Waals surface area contributed by atoms with Crippen LogP contribution in [0.5, 0.6) is 11.5 Å². The second kappa shape index (κ2) is 9.95. The van der Waals surface area contributed by atoms with Gasteiger partial charge in [0.05, 0.1) is 13.7 Å². The molecule has 0 radical (unpaired) electrons. The molecule has 10 heteroatoms. The summed E-state index contributed by atoms with van der Waals surface area (Å²) in [5.41, 5.74) is 2.31. The van der Waals surface area contributed by atoms with Crippen molar-refractivity contribution >= 4 is 5.91 Å². The molecule has 33 heavy (non-hydrogen) atoms. The third kappa shape index (κ3) is 5.46. The molecular formula is C23H24F2N4O4. The van der Waals surface area contributed by atoms with E-state index in [2.05, 4.69) is 19.8 Å². The van der Waals surface area contributed by atoms with Crippen LogP contribution in [0.2, 0.25) is 0 Å². The van der Waals surface area contributed by atoms with E-state index in [-0.39, 0.29) is 23.0 Å². The number of ether oxygens (including phenoxy) is 2. The molecule has 0 aliphatic carbocycles. The molecule has 3 aromatic rings. The van der Waals surface area contributed by atoms with Crippen molar-refractivity contribution in [1.82, 2.24) is 19.9 Å². The zero-order chi connectivity index (χ0) is 23.4. The predicted octanol–water partition coefficient (Wildman–Crippen LogP) is 3.61. The van der Waals surface area contributed by atoms with Gasteiger partial charge in [0.1, 0.15) is 0 Å². The molecule has 0 bridgehead atoms. The Hall–Kier alpha value is -3.53. The molecule has 0 saturated carbocycles. The highest BCUT2D eigenvalue weighted by molar-refractivity contribution is 5.95. The molecular weight excluding hydrogens is 434 g/mol. The fraction of sp³-hybridized carbons (Fsp3) is 0.348. The Bertz CT molecular complexity index is 1100. The van der Waals surface area contributed by atoms with Crippen LogP contribution in [0.1, 0.15) is 21.8 Å². The van der Waals surface area contributed by atoms with E-state index >= 15 is 0 Å². The van der Waals surface area contributed by atoms with Crippen LogP contribution in [-0.4, -0.2) is 65.7 Å². The summed E-state index contributed by atoms with van der Waals surface area (Å²) in [7, 11) is 1.35. The molecule has 1 fully saturated rings. The van der Waals surface area contributed by atoms with Crippen molar-refractivity contribution < 1.29 is 27.6 Å². The number of carbonyl (C=O) groups is 1. The van der Waals surface area contributed by atoms with Crippen LogP contribution < -0.4 is 9.47 Å². The van der Waals surface area contributed by atoms with Crippen LogP contribution in [-0.2, 0) is 6.54 Å². The molecule has 0 atom stereocenters. The van der Waals surface area contributed by atoms with Gasteiger partial charge >= 0.3 is 6.61 Å². The number of halogens is 2. The Labute approximate surface area is 189 Å². The van der Waals surface area contributed by atoms with Crippen LogP contribution in [0.4, 0.5) is 8.78 Å². The minimum atomic E-state index is -3.01. The number of aryl methyl sites for hydroxylation is 1. The standard InChI is InChI=1S/C23H24F2N4O4/c1-15-3-5-16(6-4-15)21-26-20(33-27-21)14-28-9-11-29(12-10-28)22(30)17-7-8-18(31-2)19(13-17)32-23(24)25/h3-8,13,23H,9-12,14H2,1-2H3. The molecule has 4 rings (SSSR count). The van der Waals surface area contributed by atoms with Crippen LogP contribution >= 0.6 is 0 Å². The highest BCUT2D eigenvalue weighted by atomic mass is 19.3. The number of alkyl halides is 2. The Balaban J connectivity index is 1.34. The Morgan fingerprint density at radius 2 is 1.82 bits per heavy atom. The number of benzene rings is 2. The summed E-state index contributed by atoms with van der Waals surface area (Å²) in [6, 6.07) is 12.2. The number of nitrogens with zero attached hydrogens (tertiary/aromatic N) is 4. The molecule has 0 spiro atoms. The van der Waals surface area contributed by atoms with E-state index in [0.717, 1.165) is 11.1 Å². The molecule has 2 heterocycles. The Kier molecular flexibility index (Phi) is 6.83. The van der Waals surface area contributed by atoms with Crippen LogP contribution in [0.25, 0.3) is 11.4 Å². The first kappa shape index (κ1) is 22.7. The number of rotatable bonds is 7. The average Bonchev–Trinajstić information content (AvgIpc) is 3.27. The van der Waals surface area contributed by atoms with Crippen molar-refractivity contribution in [1.29, 1.82) is 0 Å². The van der Waals surface area contributed by atoms with Crippen molar-refractivity contribution in [3.05, 3.63) is 59.5 Å². The highest BCUT2D eigenvalue weighted by Crippen LogP contribution is 2.30. The van der Waals surface area contributed by atoms with Crippen LogP contribution in [0.15, 0.2) is 47.0 Å². The SMILES string of the molecule is COc1ccc(C(=O)N2CCN(Cc3nc(-c4ccc(C)cc4)no3)CC2)cc1OC(F)F. The molecule has 0 unspecified atom stereocenters. The molecule has 8 nitrogen and oxygen atoms in total. The number of hydrogen-bond acceptors (Lipinski definition) is 7. The lowest BCUT2D eigenvalue weighted by atomic mass is 10.1. The highest BCUT2D eigenvalue weighted by Gasteiger charge is 2.25. The van der Waals surface area contributed by atoms with E-state index in [1.807, 2.05) is 31.2 Å². The van der Waals surface area contributed by atoms with Crippen molar-refractivity contribution in [2.24, 2.45) is 0 Å². The Morgan fingerprint density at radius 1 is 1.09 bits per heavy atom. The quantitative estimate of drug-likeness (QED) is 0.535. The lowest BCUT2D eigenvalue weighted by Crippen LogP contribution is -2.48. The molecule has 1 saturated heterocycles. The summed E-state index contributed by atoms with van der Waals surface area (Å²) in [4.78, 5) is 21.1. The summed E-state index contributed by atoms with van der Waals surface area (Å²) in [6.45, 7) is 1.68. The Morgan fingerprint density at radius 3 is 2.48 bits per heavy atom. The number of carbonyl (C=O) groups excluding carboxylic acids is 1. The number of amides is 1. The smallest absolute Gasteiger partial charge is 0.387 e. The third-order valence-electron chi connectivity index (χ3n) is 5.42. The number of hydrogen-bond donors (Lipinski definition) is 0. The summed E-state index contributed by atoms with van der Waals surface area (Å²) in [5.74, 6) is 0.768. The summed E-state index contributed by atoms with van der Waals surface area (Å²) in [6.07, 6.45) is 0. The van der Waals surface area contributed by atoms with Gasteiger partial charge in [0, 0.05) is 37.3 Å². The normalized spacial score (nSPS) is 14.5. The van der Waals surface area contributed by atoms with E-state index in [9.17, 15) is 13.6 Å². The van der Waals surface area contributed by atoms with Gasteiger partial charge in [-0.15, -0.1) is 0 Å². The topological polar surface area (TPSA) is 80.9 Å². The van der Waals surface area contributed by atoms with Gasteiger partial charge in [0.25, 0.3) is 5.91 Å². The van der Waals surface area contributed by atoms with Gasteiger partial charge in [-0.05, 0) is 25.1 Å². The first-order chi connectivity index (χ1) is 15.9. The van der Waals surface area contributed by atoms with Gasteiger partial charge in [-0.2, -0.15) is 13.8 Å². The molecule has 1 amide bonds. The molecule has 2 aromatic carbocycles. The van der Waals surface area contributed by atoms with Crippen molar-refractivity contribution in [3.63, 3.8) is 0 Å².